The molecule has 2 aliphatic heterocycles. The number of rotatable bonds is 7. The van der Waals surface area contributed by atoms with Crippen molar-refractivity contribution in [2.45, 2.75) is 32.0 Å². The van der Waals surface area contributed by atoms with Crippen LogP contribution in [0.2, 0.25) is 0 Å². The Hall–Kier alpha value is -1.06. The van der Waals surface area contributed by atoms with Gasteiger partial charge in [-0.2, -0.15) is 13.2 Å². The molecule has 0 saturated carbocycles. The summed E-state index contributed by atoms with van der Waals surface area (Å²) in [6.45, 7) is 7.97. The molecule has 0 aliphatic carbocycles. The maximum absolute atomic E-state index is 12.5. The first-order chi connectivity index (χ1) is 12.0. The third-order valence-corrected chi connectivity index (χ3v) is 4.37. The zero-order chi connectivity index (χ0) is 18.1. The van der Waals surface area contributed by atoms with Crippen LogP contribution >= 0.6 is 0 Å². The summed E-state index contributed by atoms with van der Waals surface area (Å²) in [6, 6.07) is 0.0133. The van der Waals surface area contributed by atoms with E-state index in [4.69, 9.17) is 4.74 Å². The van der Waals surface area contributed by atoms with Crippen molar-refractivity contribution in [3.05, 3.63) is 0 Å². The first-order valence-electron chi connectivity index (χ1n) is 9.10. The van der Waals surface area contributed by atoms with Crippen LogP contribution in [0.15, 0.2) is 4.99 Å². The minimum Gasteiger partial charge on any atom is -0.379 e. The molecule has 2 aliphatic rings. The summed E-state index contributed by atoms with van der Waals surface area (Å²) in [7, 11) is 0. The van der Waals surface area contributed by atoms with Crippen molar-refractivity contribution >= 4 is 5.96 Å². The van der Waals surface area contributed by atoms with E-state index in [-0.39, 0.29) is 6.04 Å². The Morgan fingerprint density at radius 1 is 1.20 bits per heavy atom. The highest BCUT2D eigenvalue weighted by atomic mass is 19.4. The Kier molecular flexibility index (Phi) is 8.25. The lowest BCUT2D eigenvalue weighted by atomic mass is 10.3. The Morgan fingerprint density at radius 2 is 1.96 bits per heavy atom. The average molecular weight is 365 g/mol. The number of hydrogen-bond acceptors (Lipinski definition) is 4. The molecule has 0 bridgehead atoms. The van der Waals surface area contributed by atoms with Crippen molar-refractivity contribution in [2.75, 3.05) is 65.6 Å². The van der Waals surface area contributed by atoms with Crippen LogP contribution in [0.5, 0.6) is 0 Å². The van der Waals surface area contributed by atoms with Crippen LogP contribution in [-0.4, -0.2) is 93.5 Å². The summed E-state index contributed by atoms with van der Waals surface area (Å²) in [5.41, 5.74) is 0. The lowest BCUT2D eigenvalue weighted by Gasteiger charge is -2.26. The molecule has 0 amide bonds. The lowest BCUT2D eigenvalue weighted by molar-refractivity contribution is -0.143. The number of hydrogen-bond donors (Lipinski definition) is 2. The fourth-order valence-corrected chi connectivity index (χ4v) is 3.17. The van der Waals surface area contributed by atoms with Crippen molar-refractivity contribution in [2.24, 2.45) is 4.99 Å². The summed E-state index contributed by atoms with van der Waals surface area (Å²) < 4.78 is 42.7. The summed E-state index contributed by atoms with van der Waals surface area (Å²) in [5.74, 6) is 0.698. The Bertz CT molecular complexity index is 413. The highest BCUT2D eigenvalue weighted by molar-refractivity contribution is 5.80. The molecule has 25 heavy (non-hydrogen) atoms. The summed E-state index contributed by atoms with van der Waals surface area (Å²) in [6.07, 6.45) is -2.47. The van der Waals surface area contributed by atoms with E-state index < -0.39 is 12.7 Å². The van der Waals surface area contributed by atoms with E-state index in [1.165, 1.54) is 4.90 Å². The van der Waals surface area contributed by atoms with Gasteiger partial charge in [-0.05, 0) is 19.8 Å². The van der Waals surface area contributed by atoms with Gasteiger partial charge in [-0.3, -0.25) is 14.8 Å². The van der Waals surface area contributed by atoms with Crippen LogP contribution in [-0.2, 0) is 4.74 Å². The van der Waals surface area contributed by atoms with Gasteiger partial charge in [0.2, 0.25) is 0 Å². The van der Waals surface area contributed by atoms with Gasteiger partial charge in [0.15, 0.2) is 5.96 Å². The maximum atomic E-state index is 12.5. The SMILES string of the molecule is CCNC(=NCCCN1CCOCC1)NC1CCN(CC(F)(F)F)C1. The largest absolute Gasteiger partial charge is 0.401 e. The number of halogens is 3. The number of nitrogens with one attached hydrogen (secondary N) is 2. The second kappa shape index (κ2) is 10.2. The molecule has 0 aromatic carbocycles. The number of likely N-dealkylation sites (tertiary alicyclic amines) is 1. The first-order valence-corrected chi connectivity index (χ1v) is 9.10. The van der Waals surface area contributed by atoms with E-state index in [9.17, 15) is 13.2 Å². The molecule has 2 rings (SSSR count). The van der Waals surface area contributed by atoms with E-state index in [2.05, 4.69) is 20.5 Å². The summed E-state index contributed by atoms with van der Waals surface area (Å²) >= 11 is 0. The fraction of sp³-hybridized carbons (Fsp3) is 0.938. The molecule has 2 fully saturated rings. The monoisotopic (exact) mass is 365 g/mol. The highest BCUT2D eigenvalue weighted by Crippen LogP contribution is 2.19. The molecular formula is C16H30F3N5O. The highest BCUT2D eigenvalue weighted by Gasteiger charge is 2.34. The predicted octanol–water partition coefficient (Wildman–Crippen LogP) is 0.900. The van der Waals surface area contributed by atoms with Gasteiger partial charge in [0.05, 0.1) is 19.8 Å². The topological polar surface area (TPSA) is 52.1 Å². The molecule has 2 saturated heterocycles. The number of aliphatic imine (C=N–C) groups is 1. The van der Waals surface area contributed by atoms with Gasteiger partial charge in [-0.1, -0.05) is 0 Å². The number of ether oxygens (including phenoxy) is 1. The third kappa shape index (κ3) is 8.24. The zero-order valence-electron chi connectivity index (χ0n) is 14.9. The van der Waals surface area contributed by atoms with Crippen molar-refractivity contribution < 1.29 is 17.9 Å². The number of nitrogens with zero attached hydrogens (tertiary/aromatic N) is 3. The van der Waals surface area contributed by atoms with E-state index in [0.29, 0.717) is 32.0 Å². The standard InChI is InChI=1S/C16H30F3N5O/c1-2-20-15(21-5-3-6-23-8-10-25-11-9-23)22-14-4-7-24(12-14)13-16(17,18)19/h14H,2-13H2,1H3,(H2,20,21,22). The molecule has 2 N–H and O–H groups in total. The Labute approximate surface area is 147 Å². The Balaban J connectivity index is 1.70. The Morgan fingerprint density at radius 3 is 2.64 bits per heavy atom. The van der Waals surface area contributed by atoms with Crippen LogP contribution in [0, 0.1) is 0 Å². The molecule has 0 aromatic rings. The molecule has 1 unspecified atom stereocenters. The van der Waals surface area contributed by atoms with E-state index >= 15 is 0 Å². The minimum atomic E-state index is -4.13. The molecule has 9 heteroatoms. The fourth-order valence-electron chi connectivity index (χ4n) is 3.17. The van der Waals surface area contributed by atoms with Crippen LogP contribution in [0.4, 0.5) is 13.2 Å². The van der Waals surface area contributed by atoms with Gasteiger partial charge < -0.3 is 15.4 Å². The number of alkyl halides is 3. The van der Waals surface area contributed by atoms with Gasteiger partial charge >= 0.3 is 6.18 Å². The van der Waals surface area contributed by atoms with Gasteiger partial charge in [0.25, 0.3) is 0 Å². The zero-order valence-corrected chi connectivity index (χ0v) is 14.9. The molecule has 0 spiro atoms. The molecule has 0 radical (unpaired) electrons. The van der Waals surface area contributed by atoms with E-state index in [1.54, 1.807) is 0 Å². The van der Waals surface area contributed by atoms with Gasteiger partial charge in [0.1, 0.15) is 0 Å². The van der Waals surface area contributed by atoms with Gasteiger partial charge in [0, 0.05) is 51.9 Å². The molecule has 2 heterocycles. The lowest BCUT2D eigenvalue weighted by Crippen LogP contribution is -2.45. The quantitative estimate of drug-likeness (QED) is 0.399. The normalized spacial score (nSPS) is 23.8. The maximum Gasteiger partial charge on any atom is 0.401 e. The molecule has 146 valence electrons. The predicted molar refractivity (Wildman–Crippen MR) is 91.9 cm³/mol. The molecular weight excluding hydrogens is 335 g/mol. The third-order valence-electron chi connectivity index (χ3n) is 4.37. The smallest absolute Gasteiger partial charge is 0.379 e. The second-order valence-electron chi connectivity index (χ2n) is 6.55. The van der Waals surface area contributed by atoms with E-state index in [0.717, 1.165) is 45.8 Å². The van der Waals surface area contributed by atoms with Crippen molar-refractivity contribution in [1.29, 1.82) is 0 Å². The van der Waals surface area contributed by atoms with Crippen LogP contribution in [0.1, 0.15) is 19.8 Å². The van der Waals surface area contributed by atoms with Crippen LogP contribution in [0.25, 0.3) is 0 Å². The van der Waals surface area contributed by atoms with Crippen LogP contribution in [0.3, 0.4) is 0 Å². The van der Waals surface area contributed by atoms with Crippen molar-refractivity contribution in [3.8, 4) is 0 Å². The first kappa shape index (κ1) is 20.3. The molecule has 6 nitrogen and oxygen atoms in total. The summed E-state index contributed by atoms with van der Waals surface area (Å²) in [4.78, 5) is 8.37. The van der Waals surface area contributed by atoms with Crippen molar-refractivity contribution in [3.63, 3.8) is 0 Å². The minimum absolute atomic E-state index is 0.0133. The van der Waals surface area contributed by atoms with Gasteiger partial charge in [-0.15, -0.1) is 0 Å². The molecule has 1 atom stereocenters. The second-order valence-corrected chi connectivity index (χ2v) is 6.55. The van der Waals surface area contributed by atoms with E-state index in [1.807, 2.05) is 6.92 Å². The number of guanidine groups is 1. The van der Waals surface area contributed by atoms with Gasteiger partial charge in [-0.25, -0.2) is 0 Å². The average Bonchev–Trinajstić information content (AvgIpc) is 2.97. The number of morpholine rings is 1. The van der Waals surface area contributed by atoms with Crippen molar-refractivity contribution in [1.82, 2.24) is 20.4 Å². The van der Waals surface area contributed by atoms with Crippen LogP contribution < -0.4 is 10.6 Å². The molecule has 0 aromatic heterocycles. The summed E-state index contributed by atoms with van der Waals surface area (Å²) in [5, 5.41) is 6.44.